The zero-order chi connectivity index (χ0) is 17.2. The van der Waals surface area contributed by atoms with Crippen molar-refractivity contribution in [2.24, 2.45) is 0 Å². The molecule has 0 spiro atoms. The summed E-state index contributed by atoms with van der Waals surface area (Å²) in [4.78, 5) is 14.9. The molecule has 0 radical (unpaired) electrons. The number of nitrogens with zero attached hydrogens (tertiary/aromatic N) is 1. The first-order valence-electron chi connectivity index (χ1n) is 8.68. The van der Waals surface area contributed by atoms with Crippen LogP contribution in [0, 0.1) is 0 Å². The van der Waals surface area contributed by atoms with E-state index < -0.39 is 0 Å². The Hall–Kier alpha value is -2.20. The molecule has 2 aliphatic heterocycles. The molecule has 2 aliphatic rings. The van der Waals surface area contributed by atoms with Crippen molar-refractivity contribution in [1.29, 1.82) is 0 Å². The van der Waals surface area contributed by atoms with Crippen molar-refractivity contribution < 1.29 is 14.3 Å². The molecule has 2 aromatic rings. The predicted octanol–water partition coefficient (Wildman–Crippen LogP) is 4.48. The molecule has 0 aliphatic carbocycles. The Labute approximate surface area is 152 Å². The predicted molar refractivity (Wildman–Crippen MR) is 96.5 cm³/mol. The number of benzene rings is 2. The molecule has 1 atom stereocenters. The van der Waals surface area contributed by atoms with Crippen LogP contribution in [0.3, 0.4) is 0 Å². The Morgan fingerprint density at radius 3 is 2.56 bits per heavy atom. The highest BCUT2D eigenvalue weighted by molar-refractivity contribution is 6.30. The maximum absolute atomic E-state index is 12.9. The molecule has 0 N–H and O–H groups in total. The van der Waals surface area contributed by atoms with Gasteiger partial charge in [0.1, 0.15) is 0 Å². The number of amides is 1. The van der Waals surface area contributed by atoms with Gasteiger partial charge in [-0.1, -0.05) is 17.7 Å². The topological polar surface area (TPSA) is 38.8 Å². The second-order valence-electron chi connectivity index (χ2n) is 6.42. The third-order valence-electron chi connectivity index (χ3n) is 4.76. The monoisotopic (exact) mass is 357 g/mol. The Kier molecular flexibility index (Phi) is 4.53. The SMILES string of the molecule is O=C(c1ccc(Cl)cc1)N1CCCC1c1ccc2c(c1)OCCCO2. The second-order valence-corrected chi connectivity index (χ2v) is 6.86. The van der Waals surface area contributed by atoms with Gasteiger partial charge in [-0.2, -0.15) is 0 Å². The molecule has 1 unspecified atom stereocenters. The Bertz CT molecular complexity index is 775. The van der Waals surface area contributed by atoms with E-state index in [9.17, 15) is 4.79 Å². The van der Waals surface area contributed by atoms with Crippen LogP contribution in [0.1, 0.15) is 41.2 Å². The van der Waals surface area contributed by atoms with Gasteiger partial charge in [0.15, 0.2) is 11.5 Å². The molecular weight excluding hydrogens is 338 g/mol. The fourth-order valence-corrected chi connectivity index (χ4v) is 3.63. The number of carbonyl (C=O) groups excluding carboxylic acids is 1. The van der Waals surface area contributed by atoms with E-state index in [0.29, 0.717) is 23.8 Å². The summed E-state index contributed by atoms with van der Waals surface area (Å²) in [5.41, 5.74) is 1.77. The average molecular weight is 358 g/mol. The van der Waals surface area contributed by atoms with Crippen LogP contribution in [-0.4, -0.2) is 30.6 Å². The molecule has 2 heterocycles. The maximum atomic E-state index is 12.9. The standard InChI is InChI=1S/C20H20ClNO3/c21-16-7-4-14(5-8-16)20(23)22-10-1-3-17(22)15-6-9-18-19(13-15)25-12-2-11-24-18/h4-9,13,17H,1-3,10-12H2. The highest BCUT2D eigenvalue weighted by Crippen LogP contribution is 2.38. The molecule has 0 aromatic heterocycles. The van der Waals surface area contributed by atoms with Crippen LogP contribution in [0.15, 0.2) is 42.5 Å². The summed E-state index contributed by atoms with van der Waals surface area (Å²) in [6.45, 7) is 2.10. The van der Waals surface area contributed by atoms with E-state index >= 15 is 0 Å². The van der Waals surface area contributed by atoms with Crippen molar-refractivity contribution >= 4 is 17.5 Å². The Morgan fingerprint density at radius 2 is 1.76 bits per heavy atom. The lowest BCUT2D eigenvalue weighted by Gasteiger charge is -2.26. The van der Waals surface area contributed by atoms with Crippen LogP contribution in [0.5, 0.6) is 11.5 Å². The molecule has 130 valence electrons. The molecule has 0 bridgehead atoms. The molecular formula is C20H20ClNO3. The minimum atomic E-state index is 0.0475. The van der Waals surface area contributed by atoms with Gasteiger partial charge in [0.25, 0.3) is 5.91 Å². The molecule has 1 fully saturated rings. The van der Waals surface area contributed by atoms with E-state index in [1.165, 1.54) is 0 Å². The number of fused-ring (bicyclic) bond motifs is 1. The van der Waals surface area contributed by atoms with Gasteiger partial charge in [0.05, 0.1) is 19.3 Å². The van der Waals surface area contributed by atoms with Crippen molar-refractivity contribution in [2.75, 3.05) is 19.8 Å². The van der Waals surface area contributed by atoms with Crippen LogP contribution in [-0.2, 0) is 0 Å². The molecule has 2 aromatic carbocycles. The van der Waals surface area contributed by atoms with E-state index in [2.05, 4.69) is 0 Å². The average Bonchev–Trinajstić information content (AvgIpc) is 3.00. The number of hydrogen-bond donors (Lipinski definition) is 0. The van der Waals surface area contributed by atoms with Crippen molar-refractivity contribution in [3.05, 3.63) is 58.6 Å². The van der Waals surface area contributed by atoms with Gasteiger partial charge in [0, 0.05) is 23.6 Å². The molecule has 1 amide bonds. The summed E-state index contributed by atoms with van der Waals surface area (Å²) in [5, 5.41) is 0.637. The van der Waals surface area contributed by atoms with Crippen LogP contribution >= 0.6 is 11.6 Å². The van der Waals surface area contributed by atoms with Gasteiger partial charge in [0.2, 0.25) is 0 Å². The number of halogens is 1. The fourth-order valence-electron chi connectivity index (χ4n) is 3.50. The third-order valence-corrected chi connectivity index (χ3v) is 5.01. The summed E-state index contributed by atoms with van der Waals surface area (Å²) in [6.07, 6.45) is 2.84. The van der Waals surface area contributed by atoms with Gasteiger partial charge in [-0.05, 0) is 54.8 Å². The van der Waals surface area contributed by atoms with E-state index in [1.54, 1.807) is 24.3 Å². The number of ether oxygens (including phenoxy) is 2. The summed E-state index contributed by atoms with van der Waals surface area (Å²) in [6, 6.07) is 13.2. The largest absolute Gasteiger partial charge is 0.490 e. The molecule has 5 heteroatoms. The molecule has 1 saturated heterocycles. The van der Waals surface area contributed by atoms with E-state index in [1.807, 2.05) is 23.1 Å². The van der Waals surface area contributed by atoms with Gasteiger partial charge in [-0.25, -0.2) is 0 Å². The molecule has 4 rings (SSSR count). The van der Waals surface area contributed by atoms with Crippen molar-refractivity contribution in [3.8, 4) is 11.5 Å². The lowest BCUT2D eigenvalue weighted by atomic mass is 10.0. The second kappa shape index (κ2) is 6.96. The van der Waals surface area contributed by atoms with Crippen molar-refractivity contribution in [2.45, 2.75) is 25.3 Å². The number of carbonyl (C=O) groups is 1. The lowest BCUT2D eigenvalue weighted by molar-refractivity contribution is 0.0735. The summed E-state index contributed by atoms with van der Waals surface area (Å²) in [5.74, 6) is 1.61. The highest BCUT2D eigenvalue weighted by atomic mass is 35.5. The van der Waals surface area contributed by atoms with Crippen molar-refractivity contribution in [3.63, 3.8) is 0 Å². The quantitative estimate of drug-likeness (QED) is 0.795. The van der Waals surface area contributed by atoms with E-state index in [0.717, 1.165) is 42.9 Å². The fraction of sp³-hybridized carbons (Fsp3) is 0.350. The van der Waals surface area contributed by atoms with Crippen LogP contribution in [0.25, 0.3) is 0 Å². The lowest BCUT2D eigenvalue weighted by Crippen LogP contribution is -2.30. The minimum Gasteiger partial charge on any atom is -0.490 e. The van der Waals surface area contributed by atoms with Gasteiger partial charge in [-0.15, -0.1) is 0 Å². The zero-order valence-electron chi connectivity index (χ0n) is 13.9. The maximum Gasteiger partial charge on any atom is 0.254 e. The first kappa shape index (κ1) is 16.3. The molecule has 25 heavy (non-hydrogen) atoms. The smallest absolute Gasteiger partial charge is 0.254 e. The first-order chi connectivity index (χ1) is 12.2. The highest BCUT2D eigenvalue weighted by Gasteiger charge is 2.31. The Morgan fingerprint density at radius 1 is 1.00 bits per heavy atom. The van der Waals surface area contributed by atoms with Crippen molar-refractivity contribution in [1.82, 2.24) is 4.90 Å². The first-order valence-corrected chi connectivity index (χ1v) is 9.06. The molecule has 4 nitrogen and oxygen atoms in total. The number of likely N-dealkylation sites (tertiary alicyclic amines) is 1. The summed E-state index contributed by atoms with van der Waals surface area (Å²) >= 11 is 5.93. The van der Waals surface area contributed by atoms with E-state index in [4.69, 9.17) is 21.1 Å². The van der Waals surface area contributed by atoms with Crippen LogP contribution < -0.4 is 9.47 Å². The van der Waals surface area contributed by atoms with E-state index in [-0.39, 0.29) is 11.9 Å². The molecule has 0 saturated carbocycles. The normalized spacial score (nSPS) is 19.6. The zero-order valence-corrected chi connectivity index (χ0v) is 14.7. The minimum absolute atomic E-state index is 0.0475. The van der Waals surface area contributed by atoms with Gasteiger partial charge < -0.3 is 14.4 Å². The number of hydrogen-bond acceptors (Lipinski definition) is 3. The van der Waals surface area contributed by atoms with Gasteiger partial charge >= 0.3 is 0 Å². The third kappa shape index (κ3) is 3.31. The Balaban J connectivity index is 1.60. The van der Waals surface area contributed by atoms with Gasteiger partial charge in [-0.3, -0.25) is 4.79 Å². The summed E-state index contributed by atoms with van der Waals surface area (Å²) in [7, 11) is 0. The van der Waals surface area contributed by atoms with Crippen LogP contribution in [0.2, 0.25) is 5.02 Å². The van der Waals surface area contributed by atoms with Crippen LogP contribution in [0.4, 0.5) is 0 Å². The number of rotatable bonds is 2. The summed E-state index contributed by atoms with van der Waals surface area (Å²) < 4.78 is 11.5.